The Balaban J connectivity index is 0.000000141. The quantitative estimate of drug-likeness (QED) is 0.0667. The number of benzene rings is 11. The zero-order valence-electron chi connectivity index (χ0n) is 51.6. The lowest BCUT2D eigenvalue weighted by Crippen LogP contribution is -2.09. The maximum absolute atomic E-state index is 5.81. The third kappa shape index (κ3) is 19.0. The largest absolute Gasteiger partial charge is 0.457 e. The molecule has 0 saturated carbocycles. The maximum atomic E-state index is 5.81. The van der Waals surface area contributed by atoms with Gasteiger partial charge in [-0.15, -0.1) is 0 Å². The number of hydrogen-bond donors (Lipinski definition) is 4. The number of anilines is 8. The summed E-state index contributed by atoms with van der Waals surface area (Å²) in [6.45, 7) is 3.18. The van der Waals surface area contributed by atoms with Crippen LogP contribution in [-0.4, -0.2) is 61.4 Å². The van der Waals surface area contributed by atoms with Crippen molar-refractivity contribution in [3.8, 4) is 11.5 Å². The monoisotopic (exact) mass is 1390 g/mol. The van der Waals surface area contributed by atoms with E-state index in [4.69, 9.17) is 4.74 Å². The standard InChI is InChI=1S/C21H21BrN2O.C19H19BrN2.C19H20N2.C16H16BrN3S/c1-24(2)21-13-8-16(14-20(21)22)15-23-17-9-11-19(12-10-17)25-18-6-4-3-5-7-18;1-22(2)19-11-10-14(12-17(19)20)13-21-18-9-5-7-15-6-3-4-8-16(15)18;1-21(2)19-11-7-15(8-12-19)14-20-18-10-9-16-5-3-4-6-17(16)13-18;1-20(2)14-8-7-11(9-12(14)17)10-18-16-19-13-5-3-4-6-15(13)21-16/h3-14,23H,15H2,1-2H3;3-12,21H,13H2,1-2H3;3-13,20H,14H2,1-2H3;3-9H,10H2,1-2H3,(H,18,19). The molecule has 0 unspecified atom stereocenters. The molecule has 0 spiro atoms. The lowest BCUT2D eigenvalue weighted by molar-refractivity contribution is 0.483. The summed E-state index contributed by atoms with van der Waals surface area (Å²) in [5.41, 5.74) is 14.2. The SMILES string of the molecule is CN(C)c1ccc(CNc2ccc(Oc3ccccc3)cc2)cc1Br.CN(C)c1ccc(CNc2ccc3ccccc3c2)cc1.CN(C)c1ccc(CNc2cccc3ccccc23)cc1Br.CN(C)c1ccc(CNc2nc3ccccc3s2)cc1Br. The number of halogens is 3. The van der Waals surface area contributed by atoms with E-state index in [1.54, 1.807) is 11.3 Å². The van der Waals surface area contributed by atoms with Crippen LogP contribution in [0.15, 0.2) is 256 Å². The highest BCUT2D eigenvalue weighted by Gasteiger charge is 2.09. The average Bonchev–Trinajstić information content (AvgIpc) is 3.91. The first-order valence-corrected chi connectivity index (χ1v) is 32.6. The molecule has 0 saturated heterocycles. The minimum atomic E-state index is 0.769. The van der Waals surface area contributed by atoms with Gasteiger partial charge in [0.25, 0.3) is 0 Å². The van der Waals surface area contributed by atoms with Crippen molar-refractivity contribution in [2.75, 3.05) is 97.2 Å². The van der Waals surface area contributed by atoms with Crippen LogP contribution in [0.25, 0.3) is 31.8 Å². The maximum Gasteiger partial charge on any atom is 0.184 e. The van der Waals surface area contributed by atoms with Gasteiger partial charge in [0, 0.05) is 124 Å². The van der Waals surface area contributed by atoms with Gasteiger partial charge in [-0.1, -0.05) is 139 Å². The highest BCUT2D eigenvalue weighted by molar-refractivity contribution is 9.11. The molecule has 89 heavy (non-hydrogen) atoms. The van der Waals surface area contributed by atoms with E-state index in [9.17, 15) is 0 Å². The predicted octanol–water partition coefficient (Wildman–Crippen LogP) is 20.5. The van der Waals surface area contributed by atoms with Crippen molar-refractivity contribution in [2.45, 2.75) is 26.2 Å². The third-order valence-corrected chi connectivity index (χ3v) is 17.4. The second kappa shape index (κ2) is 32.1. The summed E-state index contributed by atoms with van der Waals surface area (Å²) in [7, 11) is 16.4. The Bertz CT molecular complexity index is 4160. The van der Waals surface area contributed by atoms with Gasteiger partial charge in [0.1, 0.15) is 11.5 Å². The summed E-state index contributed by atoms with van der Waals surface area (Å²) in [4.78, 5) is 13.0. The van der Waals surface area contributed by atoms with E-state index in [-0.39, 0.29) is 0 Å². The lowest BCUT2D eigenvalue weighted by atomic mass is 10.1. The third-order valence-electron chi connectivity index (χ3n) is 14.5. The molecule has 0 radical (unpaired) electrons. The van der Waals surface area contributed by atoms with Gasteiger partial charge in [-0.25, -0.2) is 4.98 Å². The number of rotatable bonds is 18. The summed E-state index contributed by atoms with van der Waals surface area (Å²) in [5.74, 6) is 1.67. The number of hydrogen-bond acceptors (Lipinski definition) is 11. The number of thiazole rings is 1. The van der Waals surface area contributed by atoms with Gasteiger partial charge in [0.05, 0.1) is 27.3 Å². The molecule has 0 bridgehead atoms. The topological polar surface area (TPSA) is 83.2 Å². The molecule has 14 heteroatoms. The predicted molar refractivity (Wildman–Crippen MR) is 396 cm³/mol. The molecule has 0 fully saturated rings. The summed E-state index contributed by atoms with van der Waals surface area (Å²) in [5, 5.41) is 19.9. The molecule has 12 aromatic rings. The number of para-hydroxylation sites is 2. The fourth-order valence-electron chi connectivity index (χ4n) is 9.66. The first-order chi connectivity index (χ1) is 43.1. The Morgan fingerprint density at radius 3 is 1.43 bits per heavy atom. The smallest absolute Gasteiger partial charge is 0.184 e. The molecule has 0 amide bonds. The molecule has 4 N–H and O–H groups in total. The molecular weight excluding hydrogens is 1310 g/mol. The summed E-state index contributed by atoms with van der Waals surface area (Å²) in [6.07, 6.45) is 0. The summed E-state index contributed by atoms with van der Waals surface area (Å²) in [6, 6.07) is 83.7. The summed E-state index contributed by atoms with van der Waals surface area (Å²) >= 11 is 12.6. The molecule has 11 aromatic carbocycles. The van der Waals surface area contributed by atoms with E-state index >= 15 is 0 Å². The van der Waals surface area contributed by atoms with Gasteiger partial charge in [-0.05, 0) is 201 Å². The molecule has 0 aliphatic rings. The number of nitrogens with zero attached hydrogens (tertiary/aromatic N) is 5. The molecule has 454 valence electrons. The highest BCUT2D eigenvalue weighted by Crippen LogP contribution is 2.32. The number of fused-ring (bicyclic) bond motifs is 3. The van der Waals surface area contributed by atoms with Crippen LogP contribution in [0.2, 0.25) is 0 Å². The highest BCUT2D eigenvalue weighted by atomic mass is 79.9. The average molecular weight is 1390 g/mol. The van der Waals surface area contributed by atoms with E-state index in [0.717, 1.165) is 73.1 Å². The van der Waals surface area contributed by atoms with Gasteiger partial charge < -0.3 is 45.6 Å². The Labute approximate surface area is 554 Å². The zero-order valence-corrected chi connectivity index (χ0v) is 57.2. The Morgan fingerprint density at radius 1 is 0.371 bits per heavy atom. The van der Waals surface area contributed by atoms with Crippen LogP contribution in [0.4, 0.5) is 44.9 Å². The fourth-order valence-corrected chi connectivity index (χ4v) is 12.9. The number of nitrogens with one attached hydrogen (secondary N) is 4. The molecular formula is C75H76Br3N9OS. The summed E-state index contributed by atoms with van der Waals surface area (Å²) < 4.78 is 10.3. The zero-order chi connectivity index (χ0) is 62.7. The van der Waals surface area contributed by atoms with Crippen LogP contribution in [0.5, 0.6) is 11.5 Å². The molecule has 0 atom stereocenters. The van der Waals surface area contributed by atoms with E-state index in [2.05, 4.69) is 278 Å². The van der Waals surface area contributed by atoms with E-state index in [1.807, 2.05) is 115 Å². The van der Waals surface area contributed by atoms with Crippen molar-refractivity contribution in [3.05, 3.63) is 278 Å². The second-order valence-corrected chi connectivity index (χ2v) is 25.6. The van der Waals surface area contributed by atoms with Crippen molar-refractivity contribution in [1.82, 2.24) is 4.98 Å². The van der Waals surface area contributed by atoms with Crippen molar-refractivity contribution in [3.63, 3.8) is 0 Å². The normalized spacial score (nSPS) is 10.6. The van der Waals surface area contributed by atoms with Gasteiger partial charge in [-0.2, -0.15) is 0 Å². The van der Waals surface area contributed by atoms with Crippen LogP contribution in [0, 0.1) is 0 Å². The number of aromatic nitrogens is 1. The van der Waals surface area contributed by atoms with Crippen LogP contribution in [-0.2, 0) is 26.2 Å². The molecule has 10 nitrogen and oxygen atoms in total. The molecule has 1 heterocycles. The van der Waals surface area contributed by atoms with Gasteiger partial charge in [-0.3, -0.25) is 0 Å². The Morgan fingerprint density at radius 2 is 0.843 bits per heavy atom. The minimum Gasteiger partial charge on any atom is -0.457 e. The van der Waals surface area contributed by atoms with E-state index < -0.39 is 0 Å². The van der Waals surface area contributed by atoms with Gasteiger partial charge >= 0.3 is 0 Å². The van der Waals surface area contributed by atoms with Crippen molar-refractivity contribution >= 4 is 136 Å². The Kier molecular flexibility index (Phi) is 23.4. The fraction of sp³-hybridized carbons (Fsp3) is 0.160. The van der Waals surface area contributed by atoms with Crippen molar-refractivity contribution in [1.29, 1.82) is 0 Å². The van der Waals surface area contributed by atoms with Crippen LogP contribution in [0.3, 0.4) is 0 Å². The Hall–Kier alpha value is -8.53. The lowest BCUT2D eigenvalue weighted by Gasteiger charge is -2.16. The van der Waals surface area contributed by atoms with Crippen LogP contribution >= 0.6 is 59.1 Å². The van der Waals surface area contributed by atoms with Crippen LogP contribution < -0.4 is 45.6 Å². The van der Waals surface area contributed by atoms with Crippen LogP contribution in [0.1, 0.15) is 22.3 Å². The van der Waals surface area contributed by atoms with Crippen molar-refractivity contribution in [2.24, 2.45) is 0 Å². The molecule has 0 aliphatic carbocycles. The van der Waals surface area contributed by atoms with E-state index in [1.165, 1.54) is 76.9 Å². The first kappa shape index (κ1) is 64.9. The van der Waals surface area contributed by atoms with Gasteiger partial charge in [0.15, 0.2) is 5.13 Å². The molecule has 1 aromatic heterocycles. The second-order valence-electron chi connectivity index (χ2n) is 22.0. The minimum absolute atomic E-state index is 0.769. The molecule has 12 rings (SSSR count). The number of ether oxygens (including phenoxy) is 1. The van der Waals surface area contributed by atoms with E-state index in [0.29, 0.717) is 0 Å². The van der Waals surface area contributed by atoms with Gasteiger partial charge in [0.2, 0.25) is 0 Å². The van der Waals surface area contributed by atoms with Crippen molar-refractivity contribution < 1.29 is 4.74 Å². The molecule has 0 aliphatic heterocycles. The first-order valence-electron chi connectivity index (χ1n) is 29.4.